The van der Waals surface area contributed by atoms with Gasteiger partial charge in [0, 0.05) is 19.5 Å². The van der Waals surface area contributed by atoms with Gasteiger partial charge < -0.3 is 4.90 Å². The number of aliphatic imine (C=N–C) groups is 1. The van der Waals surface area contributed by atoms with E-state index in [1.165, 1.54) is 27.8 Å². The monoisotopic (exact) mass is 321 g/mol. The average Bonchev–Trinajstić information content (AvgIpc) is 2.54. The molecule has 1 aromatic heterocycles. The van der Waals surface area contributed by atoms with Gasteiger partial charge in [-0.15, -0.1) is 0 Å². The summed E-state index contributed by atoms with van der Waals surface area (Å²) >= 11 is 0. The van der Waals surface area contributed by atoms with Gasteiger partial charge in [-0.3, -0.25) is 0 Å². The Morgan fingerprint density at radius 1 is 1.08 bits per heavy atom. The number of pyridine rings is 1. The minimum absolute atomic E-state index is 0.273. The highest BCUT2D eigenvalue weighted by Crippen LogP contribution is 2.41. The van der Waals surface area contributed by atoms with Crippen LogP contribution in [0.25, 0.3) is 0 Å². The highest BCUT2D eigenvalue weighted by molar-refractivity contribution is 5.87. The van der Waals surface area contributed by atoms with Crippen LogP contribution in [0.3, 0.4) is 0 Å². The first-order valence-corrected chi connectivity index (χ1v) is 8.61. The van der Waals surface area contributed by atoms with E-state index in [0.717, 1.165) is 11.5 Å². The molecule has 1 aliphatic rings. The van der Waals surface area contributed by atoms with Crippen LogP contribution < -0.4 is 4.90 Å². The molecular weight excluding hydrogens is 294 g/mol. The van der Waals surface area contributed by atoms with E-state index < -0.39 is 0 Å². The number of hydrogen-bond donors (Lipinski definition) is 0. The zero-order valence-corrected chi connectivity index (χ0v) is 15.8. The normalized spacial score (nSPS) is 19.8. The predicted octanol–water partition coefficient (Wildman–Crippen LogP) is 5.20. The van der Waals surface area contributed by atoms with Crippen LogP contribution in [0.4, 0.5) is 11.5 Å². The molecule has 0 bridgehead atoms. The lowest BCUT2D eigenvalue weighted by atomic mass is 9.84. The molecule has 0 N–H and O–H groups in total. The van der Waals surface area contributed by atoms with Gasteiger partial charge in [-0.05, 0) is 61.9 Å². The Morgan fingerprint density at radius 2 is 1.79 bits per heavy atom. The van der Waals surface area contributed by atoms with E-state index in [1.54, 1.807) is 0 Å². The smallest absolute Gasteiger partial charge is 0.175 e. The van der Waals surface area contributed by atoms with Crippen molar-refractivity contribution in [2.75, 3.05) is 11.9 Å². The maximum atomic E-state index is 4.70. The second-order valence-corrected chi connectivity index (χ2v) is 7.49. The van der Waals surface area contributed by atoms with E-state index in [2.05, 4.69) is 76.7 Å². The van der Waals surface area contributed by atoms with Crippen molar-refractivity contribution in [2.24, 2.45) is 4.99 Å². The molecule has 0 amide bonds. The van der Waals surface area contributed by atoms with Gasteiger partial charge in [-0.25, -0.2) is 9.98 Å². The highest BCUT2D eigenvalue weighted by atomic mass is 15.2. The molecule has 0 fully saturated rings. The van der Waals surface area contributed by atoms with Crippen LogP contribution in [-0.4, -0.2) is 18.2 Å². The summed E-state index contributed by atoms with van der Waals surface area (Å²) in [7, 11) is 2.15. The summed E-state index contributed by atoms with van der Waals surface area (Å²) in [5, 5.41) is 0. The molecule has 0 spiro atoms. The van der Waals surface area contributed by atoms with Gasteiger partial charge in [0.25, 0.3) is 0 Å². The number of hydrogen-bond acceptors (Lipinski definition) is 3. The van der Waals surface area contributed by atoms with Crippen molar-refractivity contribution in [3.05, 3.63) is 52.2 Å². The molecule has 2 heterocycles. The van der Waals surface area contributed by atoms with Crippen LogP contribution in [0.2, 0.25) is 0 Å². The Bertz CT molecular complexity index is 820. The molecule has 0 radical (unpaired) electrons. The zero-order valence-electron chi connectivity index (χ0n) is 15.8. The maximum Gasteiger partial charge on any atom is 0.175 e. The first-order valence-electron chi connectivity index (χ1n) is 8.61. The van der Waals surface area contributed by atoms with Crippen LogP contribution in [0, 0.1) is 20.8 Å². The Kier molecular flexibility index (Phi) is 3.98. The van der Waals surface area contributed by atoms with E-state index >= 15 is 0 Å². The van der Waals surface area contributed by atoms with Crippen LogP contribution >= 0.6 is 0 Å². The SMILES string of the molecule is Cc1cc(C)c(C)c(C2(C)C=Nc3ncc(C(C)C)cc3N2C)c1. The van der Waals surface area contributed by atoms with Gasteiger partial charge in [-0.2, -0.15) is 0 Å². The third-order valence-electron chi connectivity index (χ3n) is 5.39. The molecule has 3 heteroatoms. The van der Waals surface area contributed by atoms with Gasteiger partial charge in [0.05, 0.1) is 11.2 Å². The lowest BCUT2D eigenvalue weighted by Crippen LogP contribution is -2.45. The molecule has 1 aromatic carbocycles. The lowest BCUT2D eigenvalue weighted by Gasteiger charge is -2.42. The Balaban J connectivity index is 2.16. The van der Waals surface area contributed by atoms with Crippen molar-refractivity contribution in [1.82, 2.24) is 4.98 Å². The minimum Gasteiger partial charge on any atom is -0.357 e. The van der Waals surface area contributed by atoms with E-state index in [0.29, 0.717) is 5.92 Å². The van der Waals surface area contributed by atoms with Gasteiger partial charge in [-0.1, -0.05) is 31.5 Å². The van der Waals surface area contributed by atoms with Gasteiger partial charge in [0.2, 0.25) is 0 Å². The van der Waals surface area contributed by atoms with Crippen molar-refractivity contribution >= 4 is 17.7 Å². The third-order valence-corrected chi connectivity index (χ3v) is 5.39. The molecule has 1 unspecified atom stereocenters. The van der Waals surface area contributed by atoms with E-state index in [4.69, 9.17) is 4.99 Å². The Morgan fingerprint density at radius 3 is 2.46 bits per heavy atom. The molecular formula is C21H27N3. The minimum atomic E-state index is -0.273. The number of fused-ring (bicyclic) bond motifs is 1. The number of nitrogens with zero attached hydrogens (tertiary/aromatic N) is 3. The molecule has 0 saturated carbocycles. The third kappa shape index (κ3) is 2.52. The summed E-state index contributed by atoms with van der Waals surface area (Å²) in [4.78, 5) is 11.6. The van der Waals surface area contributed by atoms with Crippen molar-refractivity contribution < 1.29 is 0 Å². The number of rotatable bonds is 2. The Labute approximate surface area is 145 Å². The predicted molar refractivity (Wildman–Crippen MR) is 103 cm³/mol. The summed E-state index contributed by atoms with van der Waals surface area (Å²) in [5.41, 5.74) is 7.33. The van der Waals surface area contributed by atoms with Crippen molar-refractivity contribution in [2.45, 2.75) is 53.0 Å². The van der Waals surface area contributed by atoms with Gasteiger partial charge in [0.1, 0.15) is 0 Å². The summed E-state index contributed by atoms with van der Waals surface area (Å²) in [6.45, 7) is 13.2. The number of anilines is 1. The van der Waals surface area contributed by atoms with Crippen LogP contribution in [0.1, 0.15) is 54.5 Å². The summed E-state index contributed by atoms with van der Waals surface area (Å²) in [5.74, 6) is 1.26. The first kappa shape index (κ1) is 16.7. The summed E-state index contributed by atoms with van der Waals surface area (Å²) in [6.07, 6.45) is 3.98. The van der Waals surface area contributed by atoms with Gasteiger partial charge in [0.15, 0.2) is 5.82 Å². The first-order chi connectivity index (χ1) is 11.2. The van der Waals surface area contributed by atoms with Crippen LogP contribution in [0.15, 0.2) is 29.4 Å². The average molecular weight is 321 g/mol. The fourth-order valence-electron chi connectivity index (χ4n) is 3.46. The fourth-order valence-corrected chi connectivity index (χ4v) is 3.46. The zero-order chi connectivity index (χ0) is 17.6. The molecule has 0 aliphatic carbocycles. The van der Waals surface area contributed by atoms with Gasteiger partial charge >= 0.3 is 0 Å². The molecule has 3 nitrogen and oxygen atoms in total. The van der Waals surface area contributed by atoms with E-state index in [-0.39, 0.29) is 5.54 Å². The summed E-state index contributed by atoms with van der Waals surface area (Å²) in [6, 6.07) is 6.77. The molecule has 2 aromatic rings. The van der Waals surface area contributed by atoms with Crippen molar-refractivity contribution in [3.8, 4) is 0 Å². The standard InChI is InChI=1S/C21H27N3/c1-13(2)17-10-19-20(22-11-17)23-12-21(6,24(19)7)18-9-14(3)8-15(4)16(18)5/h8-13H,1-7H3. The van der Waals surface area contributed by atoms with Crippen molar-refractivity contribution in [3.63, 3.8) is 0 Å². The summed E-state index contributed by atoms with van der Waals surface area (Å²) < 4.78 is 0. The van der Waals surface area contributed by atoms with E-state index in [9.17, 15) is 0 Å². The molecule has 1 aliphatic heterocycles. The topological polar surface area (TPSA) is 28.5 Å². The van der Waals surface area contributed by atoms with Crippen LogP contribution in [-0.2, 0) is 5.54 Å². The molecule has 3 rings (SSSR count). The largest absolute Gasteiger partial charge is 0.357 e. The number of aryl methyl sites for hydroxylation is 2. The lowest BCUT2D eigenvalue weighted by molar-refractivity contribution is 0.619. The second kappa shape index (κ2) is 5.73. The van der Waals surface area contributed by atoms with E-state index in [1.807, 2.05) is 12.4 Å². The molecule has 1 atom stereocenters. The Hall–Kier alpha value is -2.16. The second-order valence-electron chi connectivity index (χ2n) is 7.49. The number of benzene rings is 1. The number of aromatic nitrogens is 1. The van der Waals surface area contributed by atoms with Crippen molar-refractivity contribution in [1.29, 1.82) is 0 Å². The fraction of sp³-hybridized carbons (Fsp3) is 0.429. The highest BCUT2D eigenvalue weighted by Gasteiger charge is 2.36. The molecule has 24 heavy (non-hydrogen) atoms. The van der Waals surface area contributed by atoms with Crippen LogP contribution in [0.5, 0.6) is 0 Å². The molecule has 126 valence electrons. The molecule has 0 saturated heterocycles. The quantitative estimate of drug-likeness (QED) is 0.761. The maximum absolute atomic E-state index is 4.70.